The maximum atomic E-state index is 8.44. The zero-order valence-corrected chi connectivity index (χ0v) is 9.58. The van der Waals surface area contributed by atoms with Crippen LogP contribution in [0.25, 0.3) is 0 Å². The molecule has 0 bridgehead atoms. The molecule has 84 valence electrons. The smallest absolute Gasteiger partial charge is 0.141 e. The Morgan fingerprint density at radius 3 is 2.43 bits per heavy atom. The van der Waals surface area contributed by atoms with Crippen LogP contribution in [0.5, 0.6) is 0 Å². The summed E-state index contributed by atoms with van der Waals surface area (Å²) in [5, 5.41) is 11.4. The molecule has 0 aliphatic carbocycles. The Balaban J connectivity index is 4.16. The molecule has 0 aromatic heterocycles. The average Bonchev–Trinajstić information content (AvgIpc) is 2.16. The van der Waals surface area contributed by atoms with E-state index >= 15 is 0 Å². The van der Waals surface area contributed by atoms with Crippen molar-refractivity contribution in [3.8, 4) is 0 Å². The summed E-state index contributed by atoms with van der Waals surface area (Å²) in [4.78, 5) is 0. The van der Waals surface area contributed by atoms with Crippen molar-refractivity contribution in [2.75, 3.05) is 0 Å². The number of hydrogen-bond acceptors (Lipinski definition) is 3. The van der Waals surface area contributed by atoms with E-state index < -0.39 is 0 Å². The lowest BCUT2D eigenvalue weighted by Crippen LogP contribution is -2.32. The zero-order valence-electron chi connectivity index (χ0n) is 9.58. The van der Waals surface area contributed by atoms with Crippen LogP contribution in [-0.2, 0) is 4.74 Å². The number of nitrogens with two attached hydrogens (primary N) is 1. The van der Waals surface area contributed by atoms with Gasteiger partial charge in [-0.15, -0.1) is 0 Å². The SMILES string of the molecule is CCC(C/C(N)=N/O)OC(C)(C)CC. The molecular formula is C10H22N2O2. The van der Waals surface area contributed by atoms with Crippen molar-refractivity contribution >= 4 is 5.84 Å². The Bertz CT molecular complexity index is 191. The molecule has 4 heteroatoms. The predicted molar refractivity (Wildman–Crippen MR) is 57.6 cm³/mol. The van der Waals surface area contributed by atoms with Crippen LogP contribution in [0.2, 0.25) is 0 Å². The van der Waals surface area contributed by atoms with Gasteiger partial charge < -0.3 is 15.7 Å². The van der Waals surface area contributed by atoms with Crippen LogP contribution in [0, 0.1) is 0 Å². The Morgan fingerprint density at radius 2 is 2.07 bits per heavy atom. The van der Waals surface area contributed by atoms with Crippen LogP contribution in [0.3, 0.4) is 0 Å². The van der Waals surface area contributed by atoms with Crippen LogP contribution in [0.15, 0.2) is 5.16 Å². The highest BCUT2D eigenvalue weighted by Gasteiger charge is 2.21. The molecule has 0 aromatic rings. The maximum absolute atomic E-state index is 8.44. The first-order valence-corrected chi connectivity index (χ1v) is 5.09. The second-order valence-corrected chi connectivity index (χ2v) is 4.06. The van der Waals surface area contributed by atoms with Gasteiger partial charge in [-0.3, -0.25) is 0 Å². The van der Waals surface area contributed by atoms with Gasteiger partial charge in [-0.2, -0.15) is 0 Å². The normalized spacial score (nSPS) is 15.6. The summed E-state index contributed by atoms with van der Waals surface area (Å²) in [7, 11) is 0. The molecule has 0 saturated heterocycles. The third-order valence-corrected chi connectivity index (χ3v) is 2.36. The molecule has 0 heterocycles. The lowest BCUT2D eigenvalue weighted by molar-refractivity contribution is -0.0715. The maximum Gasteiger partial charge on any atom is 0.141 e. The van der Waals surface area contributed by atoms with E-state index in [2.05, 4.69) is 12.1 Å². The molecule has 1 unspecified atom stereocenters. The molecule has 0 fully saturated rings. The molecule has 0 amide bonds. The minimum Gasteiger partial charge on any atom is -0.409 e. The fourth-order valence-corrected chi connectivity index (χ4v) is 1.08. The van der Waals surface area contributed by atoms with Crippen LogP contribution in [0.1, 0.15) is 47.0 Å². The van der Waals surface area contributed by atoms with Gasteiger partial charge in [0.25, 0.3) is 0 Å². The summed E-state index contributed by atoms with van der Waals surface area (Å²) in [5.41, 5.74) is 5.29. The minimum atomic E-state index is -0.142. The summed E-state index contributed by atoms with van der Waals surface area (Å²) in [6.07, 6.45) is 2.32. The molecule has 0 rings (SSSR count). The van der Waals surface area contributed by atoms with E-state index in [1.54, 1.807) is 0 Å². The molecule has 1 atom stereocenters. The molecule has 0 aliphatic rings. The zero-order chi connectivity index (χ0) is 11.2. The van der Waals surface area contributed by atoms with Crippen molar-refractivity contribution in [2.24, 2.45) is 10.9 Å². The second kappa shape index (κ2) is 5.86. The van der Waals surface area contributed by atoms with Crippen molar-refractivity contribution < 1.29 is 9.94 Å². The highest BCUT2D eigenvalue weighted by molar-refractivity contribution is 5.80. The first-order valence-electron chi connectivity index (χ1n) is 5.09. The molecule has 0 saturated carbocycles. The summed E-state index contributed by atoms with van der Waals surface area (Å²) in [6.45, 7) is 8.20. The van der Waals surface area contributed by atoms with Crippen LogP contribution >= 0.6 is 0 Å². The van der Waals surface area contributed by atoms with Crippen molar-refractivity contribution in [3.63, 3.8) is 0 Å². The Hall–Kier alpha value is -0.770. The van der Waals surface area contributed by atoms with Crippen molar-refractivity contribution in [1.82, 2.24) is 0 Å². The monoisotopic (exact) mass is 202 g/mol. The molecule has 0 spiro atoms. The predicted octanol–water partition coefficient (Wildman–Crippen LogP) is 2.11. The quantitative estimate of drug-likeness (QED) is 0.300. The Kier molecular flexibility index (Phi) is 5.53. The number of amidine groups is 1. The van der Waals surface area contributed by atoms with Gasteiger partial charge in [0.15, 0.2) is 0 Å². The third-order valence-electron chi connectivity index (χ3n) is 2.36. The lowest BCUT2D eigenvalue weighted by Gasteiger charge is -2.29. The Labute approximate surface area is 86.1 Å². The molecule has 4 nitrogen and oxygen atoms in total. The van der Waals surface area contributed by atoms with Gasteiger partial charge in [0.2, 0.25) is 0 Å². The van der Waals surface area contributed by atoms with E-state index in [4.69, 9.17) is 15.7 Å². The molecule has 14 heavy (non-hydrogen) atoms. The van der Waals surface area contributed by atoms with E-state index in [0.29, 0.717) is 6.42 Å². The molecule has 0 radical (unpaired) electrons. The van der Waals surface area contributed by atoms with Crippen LogP contribution in [-0.4, -0.2) is 22.7 Å². The molecule has 0 aliphatic heterocycles. The second-order valence-electron chi connectivity index (χ2n) is 4.06. The van der Waals surface area contributed by atoms with E-state index in [-0.39, 0.29) is 17.5 Å². The summed E-state index contributed by atoms with van der Waals surface area (Å²) >= 11 is 0. The van der Waals surface area contributed by atoms with Gasteiger partial charge in [0.05, 0.1) is 11.7 Å². The van der Waals surface area contributed by atoms with E-state index in [0.717, 1.165) is 12.8 Å². The fourth-order valence-electron chi connectivity index (χ4n) is 1.08. The Morgan fingerprint density at radius 1 is 1.50 bits per heavy atom. The summed E-state index contributed by atoms with van der Waals surface area (Å²) in [5.74, 6) is 0.226. The van der Waals surface area contributed by atoms with E-state index in [9.17, 15) is 0 Å². The van der Waals surface area contributed by atoms with Crippen LogP contribution in [0.4, 0.5) is 0 Å². The van der Waals surface area contributed by atoms with E-state index in [1.807, 2.05) is 20.8 Å². The van der Waals surface area contributed by atoms with Gasteiger partial charge in [0, 0.05) is 6.42 Å². The van der Waals surface area contributed by atoms with Gasteiger partial charge in [-0.05, 0) is 26.7 Å². The molecule has 3 N–H and O–H groups in total. The van der Waals surface area contributed by atoms with Gasteiger partial charge in [0.1, 0.15) is 5.84 Å². The minimum absolute atomic E-state index is 0.0286. The van der Waals surface area contributed by atoms with Crippen LogP contribution < -0.4 is 5.73 Å². The van der Waals surface area contributed by atoms with E-state index in [1.165, 1.54) is 0 Å². The summed E-state index contributed by atoms with van der Waals surface area (Å²) in [6, 6.07) is 0. The topological polar surface area (TPSA) is 67.8 Å². The highest BCUT2D eigenvalue weighted by atomic mass is 16.5. The van der Waals surface area contributed by atoms with Gasteiger partial charge in [-0.1, -0.05) is 19.0 Å². The number of hydrogen-bond donors (Lipinski definition) is 2. The first kappa shape index (κ1) is 13.2. The fraction of sp³-hybridized carbons (Fsp3) is 0.900. The number of nitrogens with zero attached hydrogens (tertiary/aromatic N) is 1. The van der Waals surface area contributed by atoms with Crippen molar-refractivity contribution in [3.05, 3.63) is 0 Å². The van der Waals surface area contributed by atoms with Crippen molar-refractivity contribution in [1.29, 1.82) is 0 Å². The standard InChI is InChI=1S/C10H22N2O2/c1-5-8(7-9(11)12-13)14-10(3,4)6-2/h8,13H,5-7H2,1-4H3,(H2,11,12). The molecular weight excluding hydrogens is 180 g/mol. The van der Waals surface area contributed by atoms with Gasteiger partial charge in [-0.25, -0.2) is 0 Å². The lowest BCUT2D eigenvalue weighted by atomic mass is 10.1. The number of rotatable bonds is 6. The first-order chi connectivity index (χ1) is 6.45. The van der Waals surface area contributed by atoms with Crippen molar-refractivity contribution in [2.45, 2.75) is 58.7 Å². The summed E-state index contributed by atoms with van der Waals surface area (Å²) < 4.78 is 5.84. The highest BCUT2D eigenvalue weighted by Crippen LogP contribution is 2.19. The largest absolute Gasteiger partial charge is 0.409 e. The van der Waals surface area contributed by atoms with Gasteiger partial charge >= 0.3 is 0 Å². The number of oxime groups is 1. The third kappa shape index (κ3) is 5.07. The molecule has 0 aromatic carbocycles. The average molecular weight is 202 g/mol. The number of ether oxygens (including phenoxy) is 1.